The molecule has 2 unspecified atom stereocenters. The molecule has 1 aliphatic carbocycles. The quantitative estimate of drug-likeness (QED) is 0.398. The molecule has 1 aromatic rings. The van der Waals surface area contributed by atoms with Gasteiger partial charge in [-0.25, -0.2) is 0 Å². The molecular formula is C17H27S+. The Morgan fingerprint density at radius 1 is 1.06 bits per heavy atom. The molecule has 1 aliphatic rings. The van der Waals surface area contributed by atoms with Gasteiger partial charge in [0.05, 0.1) is 0 Å². The average molecular weight is 263 g/mol. The van der Waals surface area contributed by atoms with Gasteiger partial charge in [-0.05, 0) is 43.7 Å². The van der Waals surface area contributed by atoms with Crippen LogP contribution in [-0.2, 0) is 11.8 Å². The molecule has 0 aromatic heterocycles. The van der Waals surface area contributed by atoms with Crippen LogP contribution in [0.5, 0.6) is 0 Å². The standard InChI is InChI=1S/C17H26S/c1-2-3-8-15-9-7-12-17(14-13-15)18-16-10-5-4-6-11-16/h4-6,10-11,15,17H,2-3,7-9,12-14H2,1H3/p+1. The topological polar surface area (TPSA) is 0 Å². The molecule has 1 fully saturated rings. The molecule has 1 heteroatoms. The zero-order chi connectivity index (χ0) is 12.6. The minimum Gasteiger partial charge on any atom is -0.0654 e. The van der Waals surface area contributed by atoms with Gasteiger partial charge in [0, 0.05) is 11.8 Å². The highest BCUT2D eigenvalue weighted by Gasteiger charge is 2.24. The molecule has 2 atom stereocenters. The molecule has 0 nitrogen and oxygen atoms in total. The lowest BCUT2D eigenvalue weighted by atomic mass is 9.94. The number of thiol groups is 1. The van der Waals surface area contributed by atoms with Crippen molar-refractivity contribution in [3.63, 3.8) is 0 Å². The van der Waals surface area contributed by atoms with E-state index in [2.05, 4.69) is 37.3 Å². The SMILES string of the molecule is CCCCC1CCCC([SH+]c2ccccc2)CC1. The highest BCUT2D eigenvalue weighted by molar-refractivity contribution is 7.79. The fourth-order valence-corrected chi connectivity index (χ4v) is 4.35. The summed E-state index contributed by atoms with van der Waals surface area (Å²) in [5, 5.41) is 0.916. The molecule has 0 amide bonds. The van der Waals surface area contributed by atoms with Crippen LogP contribution < -0.4 is 0 Å². The lowest BCUT2D eigenvalue weighted by Gasteiger charge is -2.12. The van der Waals surface area contributed by atoms with Crippen molar-refractivity contribution in [2.45, 2.75) is 68.4 Å². The lowest BCUT2D eigenvalue weighted by Crippen LogP contribution is -2.09. The van der Waals surface area contributed by atoms with Gasteiger partial charge < -0.3 is 0 Å². The fourth-order valence-electron chi connectivity index (χ4n) is 2.99. The second-order valence-electron chi connectivity index (χ2n) is 5.63. The van der Waals surface area contributed by atoms with E-state index in [1.165, 1.54) is 56.3 Å². The Balaban J connectivity index is 1.78. The Labute approximate surface area is 117 Å². The monoisotopic (exact) mass is 263 g/mol. The van der Waals surface area contributed by atoms with E-state index in [0.717, 1.165) is 11.2 Å². The molecule has 100 valence electrons. The van der Waals surface area contributed by atoms with Crippen LogP contribution in [0, 0.1) is 5.92 Å². The van der Waals surface area contributed by atoms with Gasteiger partial charge in [-0.2, -0.15) is 0 Å². The van der Waals surface area contributed by atoms with Crippen molar-refractivity contribution in [1.29, 1.82) is 0 Å². The summed E-state index contributed by atoms with van der Waals surface area (Å²) in [6, 6.07) is 11.0. The van der Waals surface area contributed by atoms with E-state index in [-0.39, 0.29) is 0 Å². The van der Waals surface area contributed by atoms with E-state index in [1.54, 1.807) is 11.8 Å². The number of unbranched alkanes of at least 4 members (excludes halogenated alkanes) is 1. The van der Waals surface area contributed by atoms with Gasteiger partial charge in [0.2, 0.25) is 0 Å². The van der Waals surface area contributed by atoms with Gasteiger partial charge in [0.1, 0.15) is 5.25 Å². The van der Waals surface area contributed by atoms with Crippen molar-refractivity contribution >= 4 is 11.8 Å². The lowest BCUT2D eigenvalue weighted by molar-refractivity contribution is 0.414. The molecule has 0 heterocycles. The highest BCUT2D eigenvalue weighted by atomic mass is 32.2. The number of benzene rings is 1. The molecule has 0 spiro atoms. The first-order valence-electron chi connectivity index (χ1n) is 7.64. The van der Waals surface area contributed by atoms with Crippen molar-refractivity contribution < 1.29 is 0 Å². The minimum atomic E-state index is 0.916. The van der Waals surface area contributed by atoms with Crippen molar-refractivity contribution in [3.05, 3.63) is 30.3 Å². The third-order valence-corrected chi connectivity index (χ3v) is 5.59. The summed E-state index contributed by atoms with van der Waals surface area (Å²) in [6.45, 7) is 2.31. The van der Waals surface area contributed by atoms with Gasteiger partial charge >= 0.3 is 0 Å². The summed E-state index contributed by atoms with van der Waals surface area (Å²) in [5.41, 5.74) is 0. The predicted molar refractivity (Wildman–Crippen MR) is 83.4 cm³/mol. The van der Waals surface area contributed by atoms with Crippen LogP contribution in [0.4, 0.5) is 0 Å². The van der Waals surface area contributed by atoms with E-state index in [9.17, 15) is 0 Å². The first-order chi connectivity index (χ1) is 8.88. The summed E-state index contributed by atoms with van der Waals surface area (Å²) >= 11 is 1.57. The van der Waals surface area contributed by atoms with Crippen LogP contribution in [0.3, 0.4) is 0 Å². The first-order valence-corrected chi connectivity index (χ1v) is 8.60. The Kier molecular flexibility index (Phi) is 6.13. The van der Waals surface area contributed by atoms with Gasteiger partial charge in [-0.3, -0.25) is 0 Å². The average Bonchev–Trinajstić information content (AvgIpc) is 2.63. The molecule has 1 saturated carbocycles. The van der Waals surface area contributed by atoms with Crippen LogP contribution in [0.2, 0.25) is 0 Å². The van der Waals surface area contributed by atoms with Gasteiger partial charge in [0.25, 0.3) is 0 Å². The normalized spacial score (nSPS) is 24.7. The Hall–Kier alpha value is -0.430. The van der Waals surface area contributed by atoms with Gasteiger partial charge in [0.15, 0.2) is 4.90 Å². The van der Waals surface area contributed by atoms with Crippen molar-refractivity contribution in [2.75, 3.05) is 0 Å². The fraction of sp³-hybridized carbons (Fsp3) is 0.647. The molecule has 18 heavy (non-hydrogen) atoms. The molecule has 0 aliphatic heterocycles. The minimum absolute atomic E-state index is 0.916. The molecular weight excluding hydrogens is 236 g/mol. The highest BCUT2D eigenvalue weighted by Crippen LogP contribution is 2.29. The van der Waals surface area contributed by atoms with Crippen LogP contribution in [0.15, 0.2) is 35.2 Å². The van der Waals surface area contributed by atoms with E-state index in [0.29, 0.717) is 0 Å². The molecule has 0 radical (unpaired) electrons. The summed E-state index contributed by atoms with van der Waals surface area (Å²) in [5.74, 6) is 1.03. The Bertz CT molecular complexity index is 320. The van der Waals surface area contributed by atoms with E-state index in [4.69, 9.17) is 0 Å². The number of rotatable bonds is 5. The largest absolute Gasteiger partial charge is 0.152 e. The zero-order valence-corrected chi connectivity index (χ0v) is 12.5. The molecule has 2 rings (SSSR count). The van der Waals surface area contributed by atoms with Gasteiger partial charge in [-0.15, -0.1) is 0 Å². The van der Waals surface area contributed by atoms with Crippen molar-refractivity contribution in [3.8, 4) is 0 Å². The maximum absolute atomic E-state index is 2.31. The zero-order valence-electron chi connectivity index (χ0n) is 11.6. The number of hydrogen-bond donors (Lipinski definition) is 0. The summed E-state index contributed by atoms with van der Waals surface area (Å²) in [4.78, 5) is 1.51. The predicted octanol–water partition coefficient (Wildman–Crippen LogP) is 5.00. The Morgan fingerprint density at radius 3 is 2.67 bits per heavy atom. The van der Waals surface area contributed by atoms with Crippen LogP contribution in [0.25, 0.3) is 0 Å². The van der Waals surface area contributed by atoms with Gasteiger partial charge in [-0.1, -0.05) is 50.8 Å². The maximum atomic E-state index is 2.31. The second-order valence-corrected chi connectivity index (χ2v) is 7.14. The van der Waals surface area contributed by atoms with E-state index in [1.807, 2.05) is 0 Å². The van der Waals surface area contributed by atoms with Crippen molar-refractivity contribution in [2.24, 2.45) is 5.92 Å². The summed E-state index contributed by atoms with van der Waals surface area (Å²) in [6.07, 6.45) is 11.6. The Morgan fingerprint density at radius 2 is 1.89 bits per heavy atom. The molecule has 0 saturated heterocycles. The van der Waals surface area contributed by atoms with Crippen LogP contribution in [0.1, 0.15) is 58.3 Å². The molecule has 0 bridgehead atoms. The maximum Gasteiger partial charge on any atom is 0.152 e. The van der Waals surface area contributed by atoms with E-state index >= 15 is 0 Å². The van der Waals surface area contributed by atoms with Crippen molar-refractivity contribution in [1.82, 2.24) is 0 Å². The number of hydrogen-bond acceptors (Lipinski definition) is 0. The summed E-state index contributed by atoms with van der Waals surface area (Å²) in [7, 11) is 0. The van der Waals surface area contributed by atoms with E-state index < -0.39 is 0 Å². The second kappa shape index (κ2) is 7.89. The van der Waals surface area contributed by atoms with Crippen LogP contribution >= 0.6 is 0 Å². The third-order valence-electron chi connectivity index (χ3n) is 4.11. The summed E-state index contributed by atoms with van der Waals surface area (Å²) < 4.78 is 0. The third kappa shape index (κ3) is 4.68. The molecule has 1 aromatic carbocycles. The first kappa shape index (κ1) is 14.0. The molecule has 0 N–H and O–H groups in total. The smallest absolute Gasteiger partial charge is 0.0654 e. The van der Waals surface area contributed by atoms with Crippen LogP contribution in [-0.4, -0.2) is 5.25 Å².